The summed E-state index contributed by atoms with van der Waals surface area (Å²) in [5, 5.41) is 6.85. The Bertz CT molecular complexity index is 3520. The fourth-order valence-electron chi connectivity index (χ4n) is 10.0. The summed E-state index contributed by atoms with van der Waals surface area (Å²) in [6, 6.07) is 86.5. The molecule has 13 aromatic rings. The van der Waals surface area contributed by atoms with E-state index < -0.39 is 0 Å². The van der Waals surface area contributed by atoms with E-state index in [1.165, 1.54) is 10.8 Å². The first kappa shape index (κ1) is 36.8. The molecule has 0 saturated carbocycles. The third-order valence-corrected chi connectivity index (χ3v) is 12.9. The quantitative estimate of drug-likeness (QED) is 0.153. The number of para-hydroxylation sites is 6. The molecule has 0 unspecified atom stereocenters. The van der Waals surface area contributed by atoms with Crippen LogP contribution in [-0.2, 0) is 0 Å². The standard InChI is InChI=1S/C60H40N4O/c1-5-17-41(18-6-1)61(42-19-7-2-8-20-42)45-29-33-47(34-30-45)63-55-27-15-13-25-49(55)51-37-39-53-54-40-38-52-50-26-14-16-28-56(50)64(58(52)60(54)65-59(53)57(51)63)48-35-31-46(32-36-48)62(43-21-9-3-10-22-43)44-23-11-4-12-24-44/h1-40H. The van der Waals surface area contributed by atoms with Gasteiger partial charge in [0.1, 0.15) is 0 Å². The van der Waals surface area contributed by atoms with Crippen molar-refractivity contribution in [3.63, 3.8) is 0 Å². The highest BCUT2D eigenvalue weighted by molar-refractivity contribution is 6.26. The van der Waals surface area contributed by atoms with Gasteiger partial charge in [0.05, 0.1) is 22.1 Å². The van der Waals surface area contributed by atoms with Gasteiger partial charge in [-0.2, -0.15) is 0 Å². The van der Waals surface area contributed by atoms with Gasteiger partial charge in [0, 0.05) is 77.8 Å². The summed E-state index contributed by atoms with van der Waals surface area (Å²) >= 11 is 0. The molecule has 5 heteroatoms. The second-order valence-electron chi connectivity index (χ2n) is 16.5. The largest absolute Gasteiger partial charge is 0.452 e. The molecule has 0 spiro atoms. The monoisotopic (exact) mass is 832 g/mol. The number of benzene rings is 10. The van der Waals surface area contributed by atoms with Crippen molar-refractivity contribution in [2.24, 2.45) is 0 Å². The molecular formula is C60H40N4O. The van der Waals surface area contributed by atoms with E-state index in [2.05, 4.69) is 262 Å². The zero-order valence-electron chi connectivity index (χ0n) is 35.3. The Kier molecular flexibility index (Phi) is 8.46. The molecule has 0 bridgehead atoms. The number of anilines is 6. The van der Waals surface area contributed by atoms with Crippen LogP contribution in [0.4, 0.5) is 34.1 Å². The summed E-state index contributed by atoms with van der Waals surface area (Å²) in [4.78, 5) is 4.60. The second-order valence-corrected chi connectivity index (χ2v) is 16.5. The van der Waals surface area contributed by atoms with Crippen LogP contribution >= 0.6 is 0 Å². The third kappa shape index (κ3) is 5.87. The van der Waals surface area contributed by atoms with Crippen LogP contribution in [0.25, 0.3) is 76.9 Å². The van der Waals surface area contributed by atoms with Crippen LogP contribution in [-0.4, -0.2) is 9.13 Å². The lowest BCUT2D eigenvalue weighted by atomic mass is 10.1. The molecule has 5 nitrogen and oxygen atoms in total. The first-order valence-electron chi connectivity index (χ1n) is 22.1. The van der Waals surface area contributed by atoms with Gasteiger partial charge in [0.2, 0.25) is 0 Å². The molecule has 3 aromatic heterocycles. The lowest BCUT2D eigenvalue weighted by molar-refractivity contribution is 0.673. The fourth-order valence-corrected chi connectivity index (χ4v) is 10.0. The van der Waals surface area contributed by atoms with E-state index in [0.29, 0.717) is 0 Å². The van der Waals surface area contributed by atoms with Gasteiger partial charge >= 0.3 is 0 Å². The highest BCUT2D eigenvalue weighted by Crippen LogP contribution is 2.45. The van der Waals surface area contributed by atoms with Crippen molar-refractivity contribution >= 4 is 99.7 Å². The number of rotatable bonds is 8. The predicted molar refractivity (Wildman–Crippen MR) is 272 cm³/mol. The Morgan fingerprint density at radius 1 is 0.246 bits per heavy atom. The zero-order valence-corrected chi connectivity index (χ0v) is 35.3. The van der Waals surface area contributed by atoms with Crippen LogP contribution in [0.15, 0.2) is 247 Å². The van der Waals surface area contributed by atoms with Gasteiger partial charge in [-0.25, -0.2) is 0 Å². The lowest BCUT2D eigenvalue weighted by Gasteiger charge is -2.25. The van der Waals surface area contributed by atoms with E-state index in [-0.39, 0.29) is 0 Å². The van der Waals surface area contributed by atoms with Crippen molar-refractivity contribution in [3.05, 3.63) is 243 Å². The molecule has 0 amide bonds. The Balaban J connectivity index is 1.01. The SMILES string of the molecule is c1ccc(N(c2ccccc2)c2ccc(-n3c4ccccc4c4ccc5c6ccc7c8ccccc8n(-c8ccc(N(c9ccccc9)c9ccccc9)cc8)c7c6oc5c43)cc2)cc1. The predicted octanol–water partition coefficient (Wildman–Crippen LogP) is 16.7. The maximum absolute atomic E-state index is 7.36. The molecule has 3 heterocycles. The van der Waals surface area contributed by atoms with E-state index in [1.807, 2.05) is 0 Å². The van der Waals surface area contributed by atoms with Crippen molar-refractivity contribution in [1.29, 1.82) is 0 Å². The lowest BCUT2D eigenvalue weighted by Crippen LogP contribution is -2.09. The Morgan fingerprint density at radius 2 is 0.538 bits per heavy atom. The summed E-state index contributed by atoms with van der Waals surface area (Å²) in [7, 11) is 0. The summed E-state index contributed by atoms with van der Waals surface area (Å²) in [5.74, 6) is 0. The topological polar surface area (TPSA) is 29.5 Å². The zero-order chi connectivity index (χ0) is 42.8. The first-order valence-corrected chi connectivity index (χ1v) is 22.1. The Labute approximate surface area is 375 Å². The van der Waals surface area contributed by atoms with Gasteiger partial charge in [0.15, 0.2) is 11.2 Å². The molecule has 0 aliphatic rings. The molecule has 0 saturated heterocycles. The van der Waals surface area contributed by atoms with Crippen LogP contribution in [0, 0.1) is 0 Å². The van der Waals surface area contributed by atoms with E-state index in [1.54, 1.807) is 0 Å². The summed E-state index contributed by atoms with van der Waals surface area (Å²) < 4.78 is 12.1. The number of nitrogens with zero attached hydrogens (tertiary/aromatic N) is 4. The minimum atomic E-state index is 0.869. The number of hydrogen-bond donors (Lipinski definition) is 0. The van der Waals surface area contributed by atoms with Gasteiger partial charge in [-0.05, 0) is 121 Å². The molecule has 0 radical (unpaired) electrons. The molecule has 0 N–H and O–H groups in total. The van der Waals surface area contributed by atoms with E-state index >= 15 is 0 Å². The maximum atomic E-state index is 7.36. The summed E-state index contributed by atoms with van der Waals surface area (Å²) in [6.45, 7) is 0. The highest BCUT2D eigenvalue weighted by Gasteiger charge is 2.24. The van der Waals surface area contributed by atoms with Crippen molar-refractivity contribution < 1.29 is 4.42 Å². The summed E-state index contributed by atoms with van der Waals surface area (Å²) in [5.41, 5.74) is 14.8. The van der Waals surface area contributed by atoms with Crippen LogP contribution in [0.1, 0.15) is 0 Å². The number of hydrogen-bond acceptors (Lipinski definition) is 3. The normalized spacial score (nSPS) is 11.7. The number of aromatic nitrogens is 2. The fraction of sp³-hybridized carbons (Fsp3) is 0. The second kappa shape index (κ2) is 14.9. The molecular weight excluding hydrogens is 793 g/mol. The van der Waals surface area contributed by atoms with Crippen molar-refractivity contribution in [2.75, 3.05) is 9.80 Å². The maximum Gasteiger partial charge on any atom is 0.160 e. The van der Waals surface area contributed by atoms with Gasteiger partial charge in [-0.3, -0.25) is 0 Å². The van der Waals surface area contributed by atoms with Gasteiger partial charge in [-0.15, -0.1) is 0 Å². The Morgan fingerprint density at radius 3 is 0.892 bits per heavy atom. The number of furan rings is 1. The van der Waals surface area contributed by atoms with Gasteiger partial charge in [0.25, 0.3) is 0 Å². The average Bonchev–Trinajstić information content (AvgIpc) is 4.04. The van der Waals surface area contributed by atoms with Gasteiger partial charge < -0.3 is 23.4 Å². The van der Waals surface area contributed by atoms with E-state index in [4.69, 9.17) is 4.42 Å². The molecule has 306 valence electrons. The molecule has 0 aliphatic carbocycles. The highest BCUT2D eigenvalue weighted by atomic mass is 16.3. The van der Waals surface area contributed by atoms with Crippen LogP contribution in [0.2, 0.25) is 0 Å². The van der Waals surface area contributed by atoms with Crippen LogP contribution < -0.4 is 9.80 Å². The smallest absolute Gasteiger partial charge is 0.160 e. The van der Waals surface area contributed by atoms with Crippen molar-refractivity contribution in [2.45, 2.75) is 0 Å². The van der Waals surface area contributed by atoms with E-state index in [0.717, 1.165) is 100 Å². The molecule has 10 aromatic carbocycles. The van der Waals surface area contributed by atoms with Gasteiger partial charge in [-0.1, -0.05) is 121 Å². The third-order valence-electron chi connectivity index (χ3n) is 12.9. The molecule has 0 fully saturated rings. The minimum Gasteiger partial charge on any atom is -0.452 e. The Hall–Kier alpha value is -8.80. The molecule has 0 aliphatic heterocycles. The first-order chi connectivity index (χ1) is 32.3. The minimum absolute atomic E-state index is 0.869. The molecule has 0 atom stereocenters. The summed E-state index contributed by atoms with van der Waals surface area (Å²) in [6.07, 6.45) is 0. The van der Waals surface area contributed by atoms with Crippen molar-refractivity contribution in [3.8, 4) is 11.4 Å². The van der Waals surface area contributed by atoms with Crippen LogP contribution in [0.3, 0.4) is 0 Å². The number of fused-ring (bicyclic) bond motifs is 11. The molecule has 65 heavy (non-hydrogen) atoms. The van der Waals surface area contributed by atoms with Crippen LogP contribution in [0.5, 0.6) is 0 Å². The van der Waals surface area contributed by atoms with Crippen molar-refractivity contribution in [1.82, 2.24) is 9.13 Å². The average molecular weight is 833 g/mol. The molecule has 13 rings (SSSR count). The van der Waals surface area contributed by atoms with E-state index in [9.17, 15) is 0 Å².